The van der Waals surface area contributed by atoms with Crippen molar-refractivity contribution in [2.75, 3.05) is 6.54 Å². The van der Waals surface area contributed by atoms with Gasteiger partial charge in [-0.3, -0.25) is 4.79 Å². The van der Waals surface area contributed by atoms with E-state index in [9.17, 15) is 4.79 Å². The Morgan fingerprint density at radius 3 is 3.00 bits per heavy atom. The molecule has 3 atom stereocenters. The summed E-state index contributed by atoms with van der Waals surface area (Å²) >= 11 is 0. The van der Waals surface area contributed by atoms with Crippen molar-refractivity contribution in [2.24, 2.45) is 17.8 Å². The summed E-state index contributed by atoms with van der Waals surface area (Å²) in [6, 6.07) is 0. The quantitative estimate of drug-likeness (QED) is 0.720. The molecule has 0 radical (unpaired) electrons. The minimum atomic E-state index is 0.347. The van der Waals surface area contributed by atoms with E-state index in [1.165, 1.54) is 38.5 Å². The molecule has 2 fully saturated rings. The van der Waals surface area contributed by atoms with Crippen LogP contribution in [0, 0.1) is 17.8 Å². The summed E-state index contributed by atoms with van der Waals surface area (Å²) in [5.41, 5.74) is 0. The highest BCUT2D eigenvalue weighted by Gasteiger charge is 2.39. The predicted octanol–water partition coefficient (Wildman–Crippen LogP) is 2.34. The summed E-state index contributed by atoms with van der Waals surface area (Å²) < 4.78 is 0. The van der Waals surface area contributed by atoms with Gasteiger partial charge in [-0.05, 0) is 37.5 Å². The van der Waals surface area contributed by atoms with Crippen LogP contribution in [0.5, 0.6) is 0 Å². The smallest absolute Gasteiger partial charge is 0.223 e. The van der Waals surface area contributed by atoms with Gasteiger partial charge in [0, 0.05) is 12.5 Å². The van der Waals surface area contributed by atoms with E-state index in [4.69, 9.17) is 0 Å². The first kappa shape index (κ1) is 10.0. The lowest BCUT2D eigenvalue weighted by Gasteiger charge is -2.40. The third-order valence-corrected chi connectivity index (χ3v) is 3.94. The summed E-state index contributed by atoms with van der Waals surface area (Å²) in [5, 5.41) is 3.03. The van der Waals surface area contributed by atoms with Gasteiger partial charge in [0.05, 0.1) is 0 Å². The van der Waals surface area contributed by atoms with Gasteiger partial charge in [0.2, 0.25) is 5.91 Å². The molecule has 1 saturated carbocycles. The highest BCUT2D eigenvalue weighted by molar-refractivity contribution is 5.80. The summed E-state index contributed by atoms with van der Waals surface area (Å²) in [7, 11) is 0. The van der Waals surface area contributed by atoms with E-state index in [1.807, 2.05) is 0 Å². The molecule has 2 rings (SSSR count). The average Bonchev–Trinajstić information content (AvgIpc) is 2.19. The zero-order valence-electron chi connectivity index (χ0n) is 9.09. The normalized spacial score (nSPS) is 37.5. The minimum Gasteiger partial charge on any atom is -0.356 e. The number of amides is 1. The van der Waals surface area contributed by atoms with Crippen molar-refractivity contribution in [3.8, 4) is 0 Å². The van der Waals surface area contributed by atoms with Crippen LogP contribution in [0.1, 0.15) is 45.4 Å². The van der Waals surface area contributed by atoms with E-state index in [-0.39, 0.29) is 0 Å². The molecular formula is C12H21NO. The van der Waals surface area contributed by atoms with Crippen molar-refractivity contribution < 1.29 is 4.79 Å². The van der Waals surface area contributed by atoms with Crippen molar-refractivity contribution in [1.29, 1.82) is 0 Å². The second-order valence-corrected chi connectivity index (χ2v) is 4.85. The fourth-order valence-corrected chi connectivity index (χ4v) is 3.33. The van der Waals surface area contributed by atoms with E-state index in [2.05, 4.69) is 12.2 Å². The first-order valence-electron chi connectivity index (χ1n) is 6.10. The third-order valence-electron chi connectivity index (χ3n) is 3.94. The molecule has 80 valence electrons. The first-order valence-corrected chi connectivity index (χ1v) is 6.10. The summed E-state index contributed by atoms with van der Waals surface area (Å²) in [5.74, 6) is 2.09. The van der Waals surface area contributed by atoms with Gasteiger partial charge in [-0.2, -0.15) is 0 Å². The van der Waals surface area contributed by atoms with E-state index in [1.54, 1.807) is 0 Å². The molecule has 0 aromatic rings. The molecule has 2 aliphatic rings. The molecule has 1 saturated heterocycles. The minimum absolute atomic E-state index is 0.347. The van der Waals surface area contributed by atoms with Gasteiger partial charge in [0.1, 0.15) is 0 Å². The molecule has 0 aromatic carbocycles. The molecule has 1 aliphatic heterocycles. The lowest BCUT2D eigenvalue weighted by atomic mass is 9.67. The van der Waals surface area contributed by atoms with Crippen molar-refractivity contribution in [2.45, 2.75) is 45.4 Å². The van der Waals surface area contributed by atoms with Crippen LogP contribution in [-0.2, 0) is 4.79 Å². The van der Waals surface area contributed by atoms with Crippen LogP contribution >= 0.6 is 0 Å². The number of carbonyl (C=O) groups is 1. The highest BCUT2D eigenvalue weighted by Crippen LogP contribution is 2.40. The highest BCUT2D eigenvalue weighted by atomic mass is 16.2. The van der Waals surface area contributed by atoms with Gasteiger partial charge in [-0.25, -0.2) is 0 Å². The monoisotopic (exact) mass is 195 g/mol. The molecule has 1 heterocycles. The summed E-state index contributed by atoms with van der Waals surface area (Å²) in [6.45, 7) is 3.14. The maximum absolute atomic E-state index is 11.8. The first-order chi connectivity index (χ1) is 6.83. The van der Waals surface area contributed by atoms with Crippen LogP contribution in [0.15, 0.2) is 0 Å². The van der Waals surface area contributed by atoms with Crippen molar-refractivity contribution in [3.63, 3.8) is 0 Å². The fourth-order valence-electron chi connectivity index (χ4n) is 3.33. The van der Waals surface area contributed by atoms with Crippen LogP contribution in [0.25, 0.3) is 0 Å². The number of piperidine rings is 1. The molecular weight excluding hydrogens is 174 g/mol. The largest absolute Gasteiger partial charge is 0.356 e. The van der Waals surface area contributed by atoms with Gasteiger partial charge < -0.3 is 5.32 Å². The van der Waals surface area contributed by atoms with Crippen molar-refractivity contribution >= 4 is 5.91 Å². The van der Waals surface area contributed by atoms with E-state index in [0.29, 0.717) is 23.7 Å². The SMILES string of the molecule is CCC[C@@H]1CCC[C@H]2CCNC(=O)[C@H]12. The number of hydrogen-bond donors (Lipinski definition) is 1. The topological polar surface area (TPSA) is 29.1 Å². The number of hydrogen-bond acceptors (Lipinski definition) is 1. The molecule has 2 heteroatoms. The Labute approximate surface area is 86.5 Å². The molecule has 1 aliphatic carbocycles. The van der Waals surface area contributed by atoms with Crippen LogP contribution in [0.2, 0.25) is 0 Å². The zero-order valence-corrected chi connectivity index (χ0v) is 9.09. The molecule has 2 nitrogen and oxygen atoms in total. The summed E-state index contributed by atoms with van der Waals surface area (Å²) in [6.07, 6.45) is 7.60. The Morgan fingerprint density at radius 2 is 2.21 bits per heavy atom. The number of carbonyl (C=O) groups excluding carboxylic acids is 1. The second-order valence-electron chi connectivity index (χ2n) is 4.85. The maximum atomic E-state index is 11.8. The predicted molar refractivity (Wildman–Crippen MR) is 56.9 cm³/mol. The Hall–Kier alpha value is -0.530. The molecule has 0 aromatic heterocycles. The Morgan fingerprint density at radius 1 is 1.36 bits per heavy atom. The third kappa shape index (κ3) is 1.79. The van der Waals surface area contributed by atoms with Crippen molar-refractivity contribution in [3.05, 3.63) is 0 Å². The van der Waals surface area contributed by atoms with Gasteiger partial charge >= 0.3 is 0 Å². The second kappa shape index (κ2) is 4.33. The zero-order chi connectivity index (χ0) is 9.97. The van der Waals surface area contributed by atoms with Crippen molar-refractivity contribution in [1.82, 2.24) is 5.32 Å². The number of rotatable bonds is 2. The Balaban J connectivity index is 2.06. The lowest BCUT2D eigenvalue weighted by molar-refractivity contribution is -0.132. The van der Waals surface area contributed by atoms with Gasteiger partial charge in [-0.15, -0.1) is 0 Å². The Bertz CT molecular complexity index is 210. The van der Waals surface area contributed by atoms with Gasteiger partial charge in [0.15, 0.2) is 0 Å². The number of fused-ring (bicyclic) bond motifs is 1. The van der Waals surface area contributed by atoms with Crippen LogP contribution in [0.3, 0.4) is 0 Å². The average molecular weight is 195 g/mol. The molecule has 0 spiro atoms. The molecule has 0 unspecified atom stereocenters. The molecule has 0 bridgehead atoms. The van der Waals surface area contributed by atoms with Crippen LogP contribution in [0.4, 0.5) is 0 Å². The Kier molecular flexibility index (Phi) is 3.09. The van der Waals surface area contributed by atoms with E-state index in [0.717, 1.165) is 6.54 Å². The van der Waals surface area contributed by atoms with Crippen LogP contribution < -0.4 is 5.32 Å². The van der Waals surface area contributed by atoms with E-state index >= 15 is 0 Å². The molecule has 1 N–H and O–H groups in total. The molecule has 1 amide bonds. The van der Waals surface area contributed by atoms with Crippen LogP contribution in [-0.4, -0.2) is 12.5 Å². The fraction of sp³-hybridized carbons (Fsp3) is 0.917. The number of nitrogens with one attached hydrogen (secondary N) is 1. The maximum Gasteiger partial charge on any atom is 0.223 e. The van der Waals surface area contributed by atoms with Gasteiger partial charge in [0.25, 0.3) is 0 Å². The van der Waals surface area contributed by atoms with E-state index < -0.39 is 0 Å². The standard InChI is InChI=1S/C12H21NO/c1-2-4-9-5-3-6-10-7-8-13-12(14)11(9)10/h9-11H,2-8H2,1H3,(H,13,14)/t9-,10+,11-/m1/s1. The molecule has 14 heavy (non-hydrogen) atoms. The summed E-state index contributed by atoms with van der Waals surface area (Å²) in [4.78, 5) is 11.8. The lowest BCUT2D eigenvalue weighted by Crippen LogP contribution is -2.47. The van der Waals surface area contributed by atoms with Gasteiger partial charge in [-0.1, -0.05) is 19.8 Å².